The van der Waals surface area contributed by atoms with Crippen molar-refractivity contribution < 1.29 is 5.02 Å². The first-order valence-electron chi connectivity index (χ1n) is 3.13. The molecule has 1 rings (SSSR count). The lowest BCUT2D eigenvalue weighted by Crippen LogP contribution is -2.25. The van der Waals surface area contributed by atoms with Crippen molar-refractivity contribution in [1.29, 1.82) is 0 Å². The van der Waals surface area contributed by atoms with Crippen LogP contribution in [0.4, 0.5) is 0 Å². The van der Waals surface area contributed by atoms with Gasteiger partial charge in [-0.15, -0.1) is 0 Å². The molecule has 0 fully saturated rings. The first kappa shape index (κ1) is 7.64. The molecule has 0 amide bonds. The number of rotatable bonds is 1. The van der Waals surface area contributed by atoms with Crippen molar-refractivity contribution in [1.82, 2.24) is 0 Å². The molecule has 1 N–H and O–H groups in total. The number of benzene rings is 1. The third kappa shape index (κ3) is 1.76. The highest BCUT2D eigenvalue weighted by atomic mass is 35.5. The Labute approximate surface area is 65.8 Å². The second-order valence-corrected chi connectivity index (χ2v) is 2.67. The zero-order chi connectivity index (χ0) is 7.56. The van der Waals surface area contributed by atoms with Gasteiger partial charge in [-0.25, -0.2) is 0 Å². The van der Waals surface area contributed by atoms with Crippen LogP contribution in [-0.4, -0.2) is 11.9 Å². The van der Waals surface area contributed by atoms with Crippen LogP contribution >= 0.6 is 11.6 Å². The Morgan fingerprint density at radius 2 is 2.20 bits per heavy atom. The summed E-state index contributed by atoms with van der Waals surface area (Å²) in [4.78, 5) is 0. The maximum atomic E-state index is 9.09. The zero-order valence-electron chi connectivity index (χ0n) is 5.71. The highest BCUT2D eigenvalue weighted by molar-refractivity contribution is 6.65. The molecule has 52 valence electrons. The summed E-state index contributed by atoms with van der Waals surface area (Å²) in [7, 11) is 0. The number of hydrogen-bond donors (Lipinski definition) is 1. The molecule has 0 saturated carbocycles. The van der Waals surface area contributed by atoms with Gasteiger partial charge in [0.1, 0.15) is 0 Å². The molecule has 0 aliphatic rings. The summed E-state index contributed by atoms with van der Waals surface area (Å²) in [5.41, 5.74) is 0.854. The Morgan fingerprint density at radius 1 is 1.50 bits per heavy atom. The van der Waals surface area contributed by atoms with Gasteiger partial charge in [0.05, 0.1) is 0 Å². The second-order valence-electron chi connectivity index (χ2n) is 2.23. The highest BCUT2D eigenvalue weighted by Crippen LogP contribution is 2.03. The second kappa shape index (κ2) is 3.08. The van der Waals surface area contributed by atoms with Crippen molar-refractivity contribution in [3.63, 3.8) is 0 Å². The van der Waals surface area contributed by atoms with Gasteiger partial charge >= 0.3 is 6.92 Å². The highest BCUT2D eigenvalue weighted by Gasteiger charge is 2.04. The van der Waals surface area contributed by atoms with Crippen molar-refractivity contribution >= 4 is 24.0 Å². The Kier molecular flexibility index (Phi) is 2.36. The van der Waals surface area contributed by atoms with E-state index in [4.69, 9.17) is 16.6 Å². The van der Waals surface area contributed by atoms with Crippen molar-refractivity contribution in [3.8, 4) is 0 Å². The molecule has 1 aromatic rings. The van der Waals surface area contributed by atoms with Gasteiger partial charge in [0.15, 0.2) is 0 Å². The molecular weight excluding hydrogens is 146 g/mol. The lowest BCUT2D eigenvalue weighted by atomic mass is 9.64. The van der Waals surface area contributed by atoms with E-state index in [1.807, 2.05) is 12.1 Å². The van der Waals surface area contributed by atoms with Gasteiger partial charge < -0.3 is 5.02 Å². The van der Waals surface area contributed by atoms with E-state index in [0.717, 1.165) is 5.46 Å². The fraction of sp³-hybridized carbons (Fsp3) is 0.143. The van der Waals surface area contributed by atoms with Gasteiger partial charge in [-0.05, 0) is 17.6 Å². The minimum absolute atomic E-state index is 0.432. The molecule has 1 aromatic carbocycles. The number of hydrogen-bond acceptors (Lipinski definition) is 1. The van der Waals surface area contributed by atoms with E-state index in [1.165, 1.54) is 0 Å². The molecule has 0 bridgehead atoms. The molecule has 1 nitrogen and oxygen atoms in total. The first-order valence-corrected chi connectivity index (χ1v) is 3.51. The monoisotopic (exact) mass is 154 g/mol. The molecule has 0 heterocycles. The van der Waals surface area contributed by atoms with E-state index in [1.54, 1.807) is 19.0 Å². The average molecular weight is 154 g/mol. The fourth-order valence-corrected chi connectivity index (χ4v) is 0.965. The summed E-state index contributed by atoms with van der Waals surface area (Å²) in [5.74, 6) is 0. The van der Waals surface area contributed by atoms with E-state index >= 15 is 0 Å². The zero-order valence-corrected chi connectivity index (χ0v) is 6.47. The normalized spacial score (nSPS) is 9.50. The van der Waals surface area contributed by atoms with Crippen LogP contribution in [-0.2, 0) is 0 Å². The van der Waals surface area contributed by atoms with Gasteiger partial charge in [-0.3, -0.25) is 0 Å². The molecule has 0 saturated heterocycles. The predicted molar refractivity (Wildman–Crippen MR) is 44.9 cm³/mol. The summed E-state index contributed by atoms with van der Waals surface area (Å²) >= 11 is 5.68. The van der Waals surface area contributed by atoms with Gasteiger partial charge in [-0.1, -0.05) is 30.6 Å². The lowest BCUT2D eigenvalue weighted by molar-refractivity contribution is 0.594. The summed E-state index contributed by atoms with van der Waals surface area (Å²) < 4.78 is 0. The Morgan fingerprint density at radius 3 is 2.60 bits per heavy atom. The molecule has 0 aliphatic heterocycles. The smallest absolute Gasteiger partial charge is 0.320 e. The lowest BCUT2D eigenvalue weighted by Gasteiger charge is -1.98. The molecule has 3 heteroatoms. The third-order valence-corrected chi connectivity index (χ3v) is 1.57. The van der Waals surface area contributed by atoms with Gasteiger partial charge in [0, 0.05) is 5.02 Å². The standard InChI is InChI=1S/C7H8BClO/c1-8(10)6-3-2-4-7(9)5-6/h2-5,10H,1H3. The van der Waals surface area contributed by atoms with Crippen LogP contribution in [0.3, 0.4) is 0 Å². The van der Waals surface area contributed by atoms with E-state index in [9.17, 15) is 0 Å². The Balaban J connectivity index is 2.96. The quantitative estimate of drug-likeness (QED) is 0.602. The Hall–Kier alpha value is -0.465. The molecule has 0 aromatic heterocycles. The summed E-state index contributed by atoms with van der Waals surface area (Å²) in [6, 6.07) is 7.21. The van der Waals surface area contributed by atoms with Gasteiger partial charge in [0.2, 0.25) is 0 Å². The van der Waals surface area contributed by atoms with Crippen LogP contribution in [0.1, 0.15) is 0 Å². The van der Waals surface area contributed by atoms with Crippen LogP contribution in [0, 0.1) is 0 Å². The maximum absolute atomic E-state index is 9.09. The first-order chi connectivity index (χ1) is 4.70. The van der Waals surface area contributed by atoms with E-state index in [-0.39, 0.29) is 0 Å². The molecule has 0 aliphatic carbocycles. The summed E-state index contributed by atoms with van der Waals surface area (Å²) in [6.07, 6.45) is 0. The minimum atomic E-state index is -0.432. The third-order valence-electron chi connectivity index (χ3n) is 1.33. The molecule has 0 atom stereocenters. The largest absolute Gasteiger partial charge is 0.447 e. The van der Waals surface area contributed by atoms with Crippen molar-refractivity contribution in [2.24, 2.45) is 0 Å². The molecule has 0 spiro atoms. The minimum Gasteiger partial charge on any atom is -0.447 e. The molecule has 0 radical (unpaired) electrons. The van der Waals surface area contributed by atoms with E-state index < -0.39 is 6.92 Å². The van der Waals surface area contributed by atoms with Crippen LogP contribution in [0.15, 0.2) is 24.3 Å². The fourth-order valence-electron chi connectivity index (χ4n) is 0.766. The van der Waals surface area contributed by atoms with E-state index in [0.29, 0.717) is 5.02 Å². The average Bonchev–Trinajstić information content (AvgIpc) is 1.88. The van der Waals surface area contributed by atoms with Crippen LogP contribution in [0.2, 0.25) is 11.8 Å². The molecule has 10 heavy (non-hydrogen) atoms. The van der Waals surface area contributed by atoms with Crippen LogP contribution in [0.5, 0.6) is 0 Å². The maximum Gasteiger partial charge on any atom is 0.320 e. The molecule has 0 unspecified atom stereocenters. The summed E-state index contributed by atoms with van der Waals surface area (Å²) in [6.45, 7) is 1.28. The predicted octanol–water partition coefficient (Wildman–Crippen LogP) is 1.16. The van der Waals surface area contributed by atoms with Crippen molar-refractivity contribution in [3.05, 3.63) is 29.3 Å². The summed E-state index contributed by atoms with van der Waals surface area (Å²) in [5, 5.41) is 9.75. The van der Waals surface area contributed by atoms with Crippen LogP contribution < -0.4 is 5.46 Å². The Bertz CT molecular complexity index is 225. The van der Waals surface area contributed by atoms with Crippen molar-refractivity contribution in [2.75, 3.05) is 0 Å². The van der Waals surface area contributed by atoms with Gasteiger partial charge in [0.25, 0.3) is 0 Å². The number of halogens is 1. The SMILES string of the molecule is CB(O)c1cccc(Cl)c1. The van der Waals surface area contributed by atoms with E-state index in [2.05, 4.69) is 0 Å². The van der Waals surface area contributed by atoms with Crippen LogP contribution in [0.25, 0.3) is 0 Å². The van der Waals surface area contributed by atoms with Crippen molar-refractivity contribution in [2.45, 2.75) is 6.82 Å². The topological polar surface area (TPSA) is 20.2 Å². The molecular formula is C7H8BClO. The van der Waals surface area contributed by atoms with Gasteiger partial charge in [-0.2, -0.15) is 0 Å².